The van der Waals surface area contributed by atoms with Crippen molar-refractivity contribution in [2.45, 2.75) is 24.2 Å². The summed E-state index contributed by atoms with van der Waals surface area (Å²) in [4.78, 5) is 56.4. The maximum Gasteiger partial charge on any atom is 0.246 e. The van der Waals surface area contributed by atoms with Crippen LogP contribution in [0.25, 0.3) is 0 Å². The average Bonchev–Trinajstić information content (AvgIpc) is 3.38. The number of hydrogen-bond donors (Lipinski definition) is 2. The zero-order valence-electron chi connectivity index (χ0n) is 21.6. The maximum atomic E-state index is 15.0. The number of aromatic hydroxyl groups is 1. The SMILES string of the molecule is O=C1NC(=O)C2C1CC=C1C2CC2C(=O)N(c3cccc(Cl)c3)C(=O)C2(c2ccccc2)C1c1cc(Cl)ccc1O. The summed E-state index contributed by atoms with van der Waals surface area (Å²) in [5, 5.41) is 14.5. The van der Waals surface area contributed by atoms with Crippen LogP contribution in [-0.4, -0.2) is 28.7 Å². The van der Waals surface area contributed by atoms with E-state index in [0.29, 0.717) is 33.3 Å². The van der Waals surface area contributed by atoms with Gasteiger partial charge in [0.1, 0.15) is 5.75 Å². The smallest absolute Gasteiger partial charge is 0.246 e. The number of benzene rings is 3. The van der Waals surface area contributed by atoms with Crippen molar-refractivity contribution < 1.29 is 24.3 Å². The highest BCUT2D eigenvalue weighted by atomic mass is 35.5. The first kappa shape index (κ1) is 26.0. The highest BCUT2D eigenvalue weighted by Crippen LogP contribution is 2.65. The van der Waals surface area contributed by atoms with Crippen LogP contribution in [0.15, 0.2) is 84.4 Å². The van der Waals surface area contributed by atoms with Crippen LogP contribution in [-0.2, 0) is 24.6 Å². The number of imide groups is 2. The zero-order chi connectivity index (χ0) is 28.6. The van der Waals surface area contributed by atoms with E-state index in [-0.39, 0.29) is 24.0 Å². The van der Waals surface area contributed by atoms with E-state index in [9.17, 15) is 24.3 Å². The standard InChI is InChI=1S/C32H24Cl2N2O5/c33-17-7-4-8-19(13-17)36-30(40)24-15-22-20(10-11-21-26(22)29(39)35-28(21)38)27(23-14-18(34)9-12-25(23)37)32(24,31(36)41)16-5-2-1-3-6-16/h1-10,12-14,21-22,24,26-27,37H,11,15H2,(H,35,38,39). The van der Waals surface area contributed by atoms with Crippen molar-refractivity contribution in [3.05, 3.63) is 106 Å². The largest absolute Gasteiger partial charge is 0.508 e. The number of amides is 4. The second kappa shape index (κ2) is 9.29. The molecule has 2 aliphatic heterocycles. The van der Waals surface area contributed by atoms with Crippen LogP contribution in [0.4, 0.5) is 5.69 Å². The van der Waals surface area contributed by atoms with Gasteiger partial charge in [0.25, 0.3) is 0 Å². The molecule has 3 aromatic carbocycles. The van der Waals surface area contributed by atoms with Crippen LogP contribution in [0.5, 0.6) is 5.75 Å². The van der Waals surface area contributed by atoms with Gasteiger partial charge < -0.3 is 5.11 Å². The fourth-order valence-corrected chi connectivity index (χ4v) is 8.12. The van der Waals surface area contributed by atoms with E-state index >= 15 is 0 Å². The molecule has 3 fully saturated rings. The molecule has 1 saturated carbocycles. The van der Waals surface area contributed by atoms with E-state index in [1.165, 1.54) is 11.0 Å². The Hall–Kier alpha value is -3.94. The number of rotatable bonds is 3. The quantitative estimate of drug-likeness (QED) is 0.326. The number of carbonyl (C=O) groups excluding carboxylic acids is 4. The first-order valence-electron chi connectivity index (χ1n) is 13.5. The number of phenols is 1. The molecule has 4 amide bonds. The van der Waals surface area contributed by atoms with E-state index in [1.807, 2.05) is 36.4 Å². The van der Waals surface area contributed by atoms with Gasteiger partial charge >= 0.3 is 0 Å². The minimum Gasteiger partial charge on any atom is -0.508 e. The monoisotopic (exact) mass is 586 g/mol. The zero-order valence-corrected chi connectivity index (χ0v) is 23.1. The Labute approximate surface area is 245 Å². The van der Waals surface area contributed by atoms with Crippen molar-refractivity contribution in [1.82, 2.24) is 5.32 Å². The normalized spacial score (nSPS) is 30.4. The number of halogens is 2. The van der Waals surface area contributed by atoms with Gasteiger partial charge in [0.2, 0.25) is 23.6 Å². The average molecular weight is 587 g/mol. The summed E-state index contributed by atoms with van der Waals surface area (Å²) in [7, 11) is 0. The summed E-state index contributed by atoms with van der Waals surface area (Å²) in [6.45, 7) is 0. The lowest BCUT2D eigenvalue weighted by Gasteiger charge is -2.50. The summed E-state index contributed by atoms with van der Waals surface area (Å²) in [5.74, 6) is -5.11. The second-order valence-electron chi connectivity index (χ2n) is 11.2. The van der Waals surface area contributed by atoms with Crippen LogP contribution in [0.2, 0.25) is 10.0 Å². The number of allylic oxidation sites excluding steroid dienone is 2. The number of phenolic OH excluding ortho intramolecular Hbond substituents is 1. The van der Waals surface area contributed by atoms with Gasteiger partial charge in [-0.3, -0.25) is 24.5 Å². The van der Waals surface area contributed by atoms with Gasteiger partial charge in [0.05, 0.1) is 28.9 Å². The molecule has 6 atom stereocenters. The van der Waals surface area contributed by atoms with Gasteiger partial charge in [0, 0.05) is 21.5 Å². The molecule has 0 radical (unpaired) electrons. The molecule has 0 aromatic heterocycles. The molecule has 2 heterocycles. The van der Waals surface area contributed by atoms with E-state index in [2.05, 4.69) is 5.32 Å². The summed E-state index contributed by atoms with van der Waals surface area (Å²) in [6, 6.07) is 20.4. The summed E-state index contributed by atoms with van der Waals surface area (Å²) >= 11 is 12.8. The molecular formula is C32H24Cl2N2O5. The Morgan fingerprint density at radius 3 is 2.37 bits per heavy atom. The minimum absolute atomic E-state index is 0.0782. The minimum atomic E-state index is -1.46. The van der Waals surface area contributed by atoms with Crippen molar-refractivity contribution in [1.29, 1.82) is 0 Å². The van der Waals surface area contributed by atoms with Gasteiger partial charge in [-0.1, -0.05) is 71.2 Å². The first-order chi connectivity index (χ1) is 19.7. The molecule has 206 valence electrons. The predicted molar refractivity (Wildman–Crippen MR) is 152 cm³/mol. The third kappa shape index (κ3) is 3.58. The molecule has 9 heteroatoms. The van der Waals surface area contributed by atoms with Gasteiger partial charge in [-0.2, -0.15) is 0 Å². The van der Waals surface area contributed by atoms with Crippen molar-refractivity contribution in [2.24, 2.45) is 23.7 Å². The molecule has 4 aliphatic rings. The van der Waals surface area contributed by atoms with E-state index in [0.717, 1.165) is 5.57 Å². The molecule has 0 bridgehead atoms. The lowest BCUT2D eigenvalue weighted by molar-refractivity contribution is -0.128. The molecule has 6 unspecified atom stereocenters. The number of hydrogen-bond acceptors (Lipinski definition) is 5. The number of fused-ring (bicyclic) bond motifs is 4. The number of anilines is 1. The highest BCUT2D eigenvalue weighted by Gasteiger charge is 2.70. The number of nitrogens with zero attached hydrogens (tertiary/aromatic N) is 1. The van der Waals surface area contributed by atoms with Crippen LogP contribution in [0, 0.1) is 23.7 Å². The van der Waals surface area contributed by atoms with E-state index in [4.69, 9.17) is 23.2 Å². The molecule has 2 aliphatic carbocycles. The topological polar surface area (TPSA) is 104 Å². The maximum absolute atomic E-state index is 15.0. The second-order valence-corrected chi connectivity index (χ2v) is 12.0. The van der Waals surface area contributed by atoms with Crippen molar-refractivity contribution >= 4 is 52.5 Å². The number of carbonyl (C=O) groups is 4. The molecule has 2 N–H and O–H groups in total. The van der Waals surface area contributed by atoms with Crippen molar-refractivity contribution in [2.75, 3.05) is 4.90 Å². The molecule has 0 spiro atoms. The summed E-state index contributed by atoms with van der Waals surface area (Å²) in [5.41, 5.74) is 0.639. The Bertz CT molecular complexity index is 1690. The van der Waals surface area contributed by atoms with Crippen LogP contribution in [0.1, 0.15) is 29.9 Å². The van der Waals surface area contributed by atoms with Crippen LogP contribution >= 0.6 is 23.2 Å². The van der Waals surface area contributed by atoms with Crippen LogP contribution in [0.3, 0.4) is 0 Å². The Morgan fingerprint density at radius 2 is 1.61 bits per heavy atom. The molecule has 7 nitrogen and oxygen atoms in total. The Balaban J connectivity index is 1.54. The third-order valence-corrected chi connectivity index (χ3v) is 9.78. The molecule has 3 aromatic rings. The van der Waals surface area contributed by atoms with Gasteiger partial charge in [-0.05, 0) is 60.7 Å². The molecular weight excluding hydrogens is 563 g/mol. The molecule has 41 heavy (non-hydrogen) atoms. The molecule has 2 saturated heterocycles. The van der Waals surface area contributed by atoms with Gasteiger partial charge in [0.15, 0.2) is 0 Å². The Kier molecular flexibility index (Phi) is 5.89. The highest BCUT2D eigenvalue weighted by molar-refractivity contribution is 6.32. The predicted octanol–water partition coefficient (Wildman–Crippen LogP) is 5.15. The first-order valence-corrected chi connectivity index (χ1v) is 14.2. The Morgan fingerprint density at radius 1 is 0.854 bits per heavy atom. The van der Waals surface area contributed by atoms with Crippen LogP contribution < -0.4 is 10.2 Å². The van der Waals surface area contributed by atoms with Crippen molar-refractivity contribution in [3.63, 3.8) is 0 Å². The third-order valence-electron chi connectivity index (χ3n) is 9.31. The summed E-state index contributed by atoms with van der Waals surface area (Å²) < 4.78 is 0. The van der Waals surface area contributed by atoms with E-state index < -0.39 is 46.8 Å². The van der Waals surface area contributed by atoms with E-state index in [1.54, 1.807) is 36.4 Å². The van der Waals surface area contributed by atoms with Crippen molar-refractivity contribution in [3.8, 4) is 5.75 Å². The fraction of sp³-hybridized carbons (Fsp3) is 0.250. The van der Waals surface area contributed by atoms with Gasteiger partial charge in [-0.15, -0.1) is 0 Å². The van der Waals surface area contributed by atoms with Gasteiger partial charge in [-0.25, -0.2) is 4.90 Å². The summed E-state index contributed by atoms with van der Waals surface area (Å²) in [6.07, 6.45) is 2.42. The lowest BCUT2D eigenvalue weighted by atomic mass is 9.49. The fourth-order valence-electron chi connectivity index (χ4n) is 7.76. The lowest BCUT2D eigenvalue weighted by Crippen LogP contribution is -2.53. The molecule has 7 rings (SSSR count). The number of nitrogens with one attached hydrogen (secondary N) is 1.